The van der Waals surface area contributed by atoms with Crippen LogP contribution in [-0.4, -0.2) is 44.2 Å². The Bertz CT molecular complexity index is 234. The van der Waals surface area contributed by atoms with Crippen LogP contribution in [0.5, 0.6) is 0 Å². The van der Waals surface area contributed by atoms with Crippen LogP contribution in [0.25, 0.3) is 0 Å². The van der Waals surface area contributed by atoms with E-state index in [0.29, 0.717) is 0 Å². The van der Waals surface area contributed by atoms with Gasteiger partial charge >= 0.3 is 0 Å². The largest absolute Gasteiger partial charge is 0.497 e. The third-order valence-electron chi connectivity index (χ3n) is 3.39. The van der Waals surface area contributed by atoms with E-state index in [1.54, 1.807) is 0 Å². The second-order valence-electron chi connectivity index (χ2n) is 4.87. The summed E-state index contributed by atoms with van der Waals surface area (Å²) < 4.78 is 5.74. The van der Waals surface area contributed by atoms with E-state index in [9.17, 15) is 0 Å². The summed E-state index contributed by atoms with van der Waals surface area (Å²) in [6.07, 6.45) is 4.50. The van der Waals surface area contributed by atoms with Gasteiger partial charge in [0, 0.05) is 5.54 Å². The molecule has 1 rings (SSSR count). The number of allylic oxidation sites excluding steroid dienone is 1. The quantitative estimate of drug-likeness (QED) is 0.766. The maximum atomic E-state index is 5.74. The highest BCUT2D eigenvalue weighted by atomic mass is 16.5. The molecule has 0 aromatic heterocycles. The normalized spacial score (nSPS) is 19.7. The van der Waals surface area contributed by atoms with E-state index < -0.39 is 0 Å². The van der Waals surface area contributed by atoms with Crippen LogP contribution >= 0.6 is 0 Å². The zero-order chi connectivity index (χ0) is 11.5. The van der Waals surface area contributed by atoms with Crippen molar-refractivity contribution in [2.75, 3.05) is 27.7 Å². The molecule has 0 aromatic rings. The highest BCUT2D eigenvalue weighted by Gasteiger charge is 2.34. The van der Waals surface area contributed by atoms with E-state index in [-0.39, 0.29) is 11.6 Å². The second-order valence-corrected chi connectivity index (χ2v) is 4.87. The first-order valence-electron chi connectivity index (χ1n) is 5.67. The number of nitrogens with zero attached hydrogens (tertiary/aromatic N) is 1. The van der Waals surface area contributed by atoms with Crippen LogP contribution in [0.4, 0.5) is 0 Å². The van der Waals surface area contributed by atoms with Crippen molar-refractivity contribution < 1.29 is 4.74 Å². The number of nitrogens with one attached hydrogen (secondary N) is 1. The molecule has 0 aliphatic carbocycles. The molecule has 0 amide bonds. The summed E-state index contributed by atoms with van der Waals surface area (Å²) >= 11 is 0. The maximum absolute atomic E-state index is 5.74. The summed E-state index contributed by atoms with van der Waals surface area (Å²) in [5.41, 5.74) is 0.0535. The average Bonchev–Trinajstić information content (AvgIpc) is 2.19. The molecule has 0 saturated carbocycles. The summed E-state index contributed by atoms with van der Waals surface area (Å²) in [5, 5.41) is 3.36. The van der Waals surface area contributed by atoms with Crippen molar-refractivity contribution in [2.24, 2.45) is 0 Å². The van der Waals surface area contributed by atoms with Crippen LogP contribution < -0.4 is 5.32 Å². The van der Waals surface area contributed by atoms with Gasteiger partial charge in [-0.15, -0.1) is 0 Å². The van der Waals surface area contributed by atoms with Crippen LogP contribution in [-0.2, 0) is 4.74 Å². The minimum Gasteiger partial charge on any atom is -0.497 e. The molecule has 88 valence electrons. The maximum Gasteiger partial charge on any atom is 0.111 e. The van der Waals surface area contributed by atoms with Crippen LogP contribution in [0.15, 0.2) is 11.8 Å². The lowest BCUT2D eigenvalue weighted by molar-refractivity contribution is 0.0950. The van der Waals surface area contributed by atoms with E-state index in [4.69, 9.17) is 4.74 Å². The molecule has 0 spiro atoms. The van der Waals surface area contributed by atoms with Crippen molar-refractivity contribution in [3.8, 4) is 0 Å². The summed E-state index contributed by atoms with van der Waals surface area (Å²) in [4.78, 5) is 2.23. The molecule has 0 saturated heterocycles. The van der Waals surface area contributed by atoms with E-state index in [2.05, 4.69) is 44.2 Å². The SMILES string of the molecule is CNC(C1=CCCCO1)C(C)(C)N(C)C. The smallest absolute Gasteiger partial charge is 0.111 e. The van der Waals surface area contributed by atoms with Gasteiger partial charge in [0.15, 0.2) is 0 Å². The summed E-state index contributed by atoms with van der Waals surface area (Å²) in [6, 6.07) is 0.257. The molecule has 1 N–H and O–H groups in total. The van der Waals surface area contributed by atoms with Gasteiger partial charge in [-0.3, -0.25) is 0 Å². The lowest BCUT2D eigenvalue weighted by atomic mass is 9.90. The molecule has 0 radical (unpaired) electrons. The van der Waals surface area contributed by atoms with Crippen LogP contribution in [0.3, 0.4) is 0 Å². The average molecular weight is 212 g/mol. The highest BCUT2D eigenvalue weighted by Crippen LogP contribution is 2.25. The number of rotatable bonds is 4. The molecule has 3 nitrogen and oxygen atoms in total. The van der Waals surface area contributed by atoms with Gasteiger partial charge in [0.1, 0.15) is 5.76 Å². The first kappa shape index (κ1) is 12.5. The van der Waals surface area contributed by atoms with Gasteiger partial charge in [-0.05, 0) is 53.9 Å². The monoisotopic (exact) mass is 212 g/mol. The predicted molar refractivity (Wildman–Crippen MR) is 63.9 cm³/mol. The molecular formula is C12H24N2O. The topological polar surface area (TPSA) is 24.5 Å². The molecule has 0 bridgehead atoms. The van der Waals surface area contributed by atoms with E-state index in [0.717, 1.165) is 25.2 Å². The number of hydrogen-bond acceptors (Lipinski definition) is 3. The van der Waals surface area contributed by atoms with Crippen molar-refractivity contribution in [2.45, 2.75) is 38.3 Å². The Morgan fingerprint density at radius 1 is 1.47 bits per heavy atom. The van der Waals surface area contributed by atoms with Gasteiger partial charge in [-0.1, -0.05) is 0 Å². The Morgan fingerprint density at radius 3 is 2.53 bits per heavy atom. The summed E-state index contributed by atoms with van der Waals surface area (Å²) in [5.74, 6) is 1.10. The van der Waals surface area contributed by atoms with Crippen molar-refractivity contribution in [3.63, 3.8) is 0 Å². The Balaban J connectivity index is 2.82. The molecule has 3 heteroatoms. The molecule has 0 aromatic carbocycles. The lowest BCUT2D eigenvalue weighted by Crippen LogP contribution is -2.55. The number of hydrogen-bond donors (Lipinski definition) is 1. The molecule has 1 unspecified atom stereocenters. The second kappa shape index (κ2) is 4.99. The first-order chi connectivity index (χ1) is 7.00. The van der Waals surface area contributed by atoms with Crippen LogP contribution in [0, 0.1) is 0 Å². The fraction of sp³-hybridized carbons (Fsp3) is 0.833. The Kier molecular flexibility index (Phi) is 4.17. The fourth-order valence-electron chi connectivity index (χ4n) is 1.88. The standard InChI is InChI=1S/C12H24N2O/c1-12(2,14(4)5)11(13-3)10-8-6-7-9-15-10/h8,11,13H,6-7,9H2,1-5H3. The van der Waals surface area contributed by atoms with Crippen molar-refractivity contribution in [1.82, 2.24) is 10.2 Å². The fourth-order valence-corrected chi connectivity index (χ4v) is 1.88. The predicted octanol–water partition coefficient (Wildman–Crippen LogP) is 1.61. The van der Waals surface area contributed by atoms with Crippen molar-refractivity contribution in [3.05, 3.63) is 11.8 Å². The third kappa shape index (κ3) is 2.73. The number of likely N-dealkylation sites (N-methyl/N-ethyl adjacent to an activating group) is 2. The molecule has 1 heterocycles. The molecule has 0 fully saturated rings. The Morgan fingerprint density at radius 2 is 2.13 bits per heavy atom. The minimum absolute atomic E-state index is 0.0535. The van der Waals surface area contributed by atoms with E-state index in [1.165, 1.54) is 0 Å². The van der Waals surface area contributed by atoms with E-state index in [1.807, 2.05) is 7.05 Å². The van der Waals surface area contributed by atoms with Gasteiger partial charge in [0.25, 0.3) is 0 Å². The zero-order valence-electron chi connectivity index (χ0n) is 10.6. The van der Waals surface area contributed by atoms with Gasteiger partial charge in [-0.2, -0.15) is 0 Å². The van der Waals surface area contributed by atoms with Gasteiger partial charge in [0.2, 0.25) is 0 Å². The molecule has 1 atom stereocenters. The highest BCUT2D eigenvalue weighted by molar-refractivity contribution is 5.13. The van der Waals surface area contributed by atoms with Gasteiger partial charge < -0.3 is 15.0 Å². The molecular weight excluding hydrogens is 188 g/mol. The first-order valence-corrected chi connectivity index (χ1v) is 5.67. The van der Waals surface area contributed by atoms with Gasteiger partial charge in [0.05, 0.1) is 12.6 Å². The summed E-state index contributed by atoms with van der Waals surface area (Å²) in [7, 11) is 6.20. The summed E-state index contributed by atoms with van der Waals surface area (Å²) in [6.45, 7) is 5.31. The minimum atomic E-state index is 0.0535. The molecule has 15 heavy (non-hydrogen) atoms. The number of ether oxygens (including phenoxy) is 1. The zero-order valence-corrected chi connectivity index (χ0v) is 10.6. The third-order valence-corrected chi connectivity index (χ3v) is 3.39. The van der Waals surface area contributed by atoms with Crippen LogP contribution in [0.2, 0.25) is 0 Å². The molecule has 1 aliphatic rings. The lowest BCUT2D eigenvalue weighted by Gasteiger charge is -2.41. The van der Waals surface area contributed by atoms with Crippen molar-refractivity contribution >= 4 is 0 Å². The van der Waals surface area contributed by atoms with E-state index >= 15 is 0 Å². The van der Waals surface area contributed by atoms with Crippen molar-refractivity contribution in [1.29, 1.82) is 0 Å². The van der Waals surface area contributed by atoms with Gasteiger partial charge in [-0.25, -0.2) is 0 Å². The Labute approximate surface area is 93.5 Å². The van der Waals surface area contributed by atoms with Crippen LogP contribution in [0.1, 0.15) is 26.7 Å². The Hall–Kier alpha value is -0.540. The molecule has 1 aliphatic heterocycles.